The van der Waals surface area contributed by atoms with Crippen molar-refractivity contribution in [2.45, 2.75) is 19.4 Å². The number of nitrogens with one attached hydrogen (secondary N) is 1. The molecule has 0 aromatic heterocycles. The van der Waals surface area contributed by atoms with E-state index in [0.717, 1.165) is 22.3 Å². The smallest absolute Gasteiger partial charge is 0.449 e. The second-order valence-corrected chi connectivity index (χ2v) is 8.41. The fourth-order valence-corrected chi connectivity index (χ4v) is 4.26. The summed E-state index contributed by atoms with van der Waals surface area (Å²) >= 11 is 0. The molecule has 32 heavy (non-hydrogen) atoms. The second-order valence-electron chi connectivity index (χ2n) is 7.45. The van der Waals surface area contributed by atoms with E-state index in [9.17, 15) is 17.1 Å². The molecular weight excluding hydrogens is 435 g/mol. The first-order valence-corrected chi connectivity index (χ1v) is 11.2. The van der Waals surface area contributed by atoms with Gasteiger partial charge in [-0.05, 0) is 46.4 Å². The number of halogens is 1. The first-order valence-electron chi connectivity index (χ1n) is 9.85. The van der Waals surface area contributed by atoms with E-state index in [2.05, 4.69) is 9.50 Å². The van der Waals surface area contributed by atoms with Crippen molar-refractivity contribution < 1.29 is 26.0 Å². The Morgan fingerprint density at radius 3 is 2.25 bits per heavy atom. The van der Waals surface area contributed by atoms with Gasteiger partial charge >= 0.3 is 16.6 Å². The molecule has 0 radical (unpaired) electrons. The average Bonchev–Trinajstić information content (AvgIpc) is 3.06. The monoisotopic (exact) mass is 456 g/mol. The molecule has 3 aromatic carbocycles. The molecule has 0 unspecified atom stereocenters. The predicted molar refractivity (Wildman–Crippen MR) is 118 cm³/mol. The fraction of sp³-hybridized carbons (Fsp3) is 0.174. The lowest BCUT2D eigenvalue weighted by Gasteiger charge is -2.15. The van der Waals surface area contributed by atoms with Crippen LogP contribution >= 0.6 is 0 Å². The van der Waals surface area contributed by atoms with Crippen LogP contribution in [0.5, 0.6) is 5.75 Å². The molecular formula is C23H21FN2O5S. The number of hydrogen-bond acceptors (Lipinski definition) is 6. The Morgan fingerprint density at radius 2 is 1.66 bits per heavy atom. The quantitative estimate of drug-likeness (QED) is 0.425. The van der Waals surface area contributed by atoms with Gasteiger partial charge in [0, 0.05) is 24.2 Å². The largest absolute Gasteiger partial charge is 0.488 e. The Bertz CT molecular complexity index is 1250. The average molecular weight is 456 g/mol. The van der Waals surface area contributed by atoms with Crippen molar-refractivity contribution in [3.63, 3.8) is 0 Å². The van der Waals surface area contributed by atoms with Crippen molar-refractivity contribution in [1.82, 2.24) is 5.32 Å². The molecule has 4 rings (SSSR count). The van der Waals surface area contributed by atoms with Gasteiger partial charge in [-0.1, -0.05) is 52.4 Å². The van der Waals surface area contributed by atoms with Crippen molar-refractivity contribution >= 4 is 22.3 Å². The summed E-state index contributed by atoms with van der Waals surface area (Å²) < 4.78 is 44.0. The van der Waals surface area contributed by atoms with Crippen molar-refractivity contribution in [2.24, 2.45) is 0 Å². The molecule has 1 aliphatic rings. The zero-order valence-corrected chi connectivity index (χ0v) is 18.0. The van der Waals surface area contributed by atoms with Crippen LogP contribution in [0, 0.1) is 6.92 Å². The van der Waals surface area contributed by atoms with Gasteiger partial charge in [0.15, 0.2) is 0 Å². The fourth-order valence-electron chi connectivity index (χ4n) is 3.93. The first-order chi connectivity index (χ1) is 15.2. The summed E-state index contributed by atoms with van der Waals surface area (Å²) in [6.07, 6.45) is -0.644. The second kappa shape index (κ2) is 8.51. The number of carbonyl (C=O) groups is 1. The maximum atomic E-state index is 12.8. The topological polar surface area (TPSA) is 108 Å². The molecule has 0 aliphatic heterocycles. The Kier molecular flexibility index (Phi) is 5.75. The van der Waals surface area contributed by atoms with Gasteiger partial charge < -0.3 is 20.0 Å². The summed E-state index contributed by atoms with van der Waals surface area (Å²) in [5.74, 6) is -0.350. The highest BCUT2D eigenvalue weighted by atomic mass is 32.3. The third kappa shape index (κ3) is 4.52. The molecule has 9 heteroatoms. The Balaban J connectivity index is 1.43. The summed E-state index contributed by atoms with van der Waals surface area (Å²) in [6, 6.07) is 18.5. The molecule has 3 N–H and O–H groups in total. The molecule has 1 aliphatic carbocycles. The van der Waals surface area contributed by atoms with Crippen LogP contribution in [0.4, 0.5) is 14.4 Å². The van der Waals surface area contributed by atoms with E-state index < -0.39 is 16.6 Å². The van der Waals surface area contributed by atoms with Crippen LogP contribution in [-0.2, 0) is 21.8 Å². The third-order valence-corrected chi connectivity index (χ3v) is 5.88. The summed E-state index contributed by atoms with van der Waals surface area (Å²) in [4.78, 5) is 12.4. The molecule has 0 spiro atoms. The highest BCUT2D eigenvalue weighted by Gasteiger charge is 2.29. The van der Waals surface area contributed by atoms with Crippen LogP contribution < -0.4 is 15.2 Å². The number of nitrogen functional groups attached to an aromatic ring is 1. The van der Waals surface area contributed by atoms with Gasteiger partial charge in [0.25, 0.3) is 0 Å². The van der Waals surface area contributed by atoms with Crippen molar-refractivity contribution in [3.8, 4) is 16.9 Å². The number of rotatable bonds is 6. The molecule has 0 fully saturated rings. The molecule has 0 saturated carbocycles. The number of alkyl carbamates (subject to hydrolysis) is 1. The van der Waals surface area contributed by atoms with Crippen LogP contribution in [0.15, 0.2) is 60.7 Å². The lowest BCUT2D eigenvalue weighted by Crippen LogP contribution is -2.26. The highest BCUT2D eigenvalue weighted by Crippen LogP contribution is 2.44. The van der Waals surface area contributed by atoms with Gasteiger partial charge in [-0.2, -0.15) is 8.42 Å². The van der Waals surface area contributed by atoms with E-state index in [1.165, 1.54) is 12.1 Å². The molecule has 0 saturated heterocycles. The van der Waals surface area contributed by atoms with Gasteiger partial charge in [0.05, 0.1) is 0 Å². The number of nitrogens with two attached hydrogens (primary N) is 1. The van der Waals surface area contributed by atoms with E-state index in [-0.39, 0.29) is 30.5 Å². The van der Waals surface area contributed by atoms with Crippen molar-refractivity contribution in [1.29, 1.82) is 0 Å². The zero-order chi connectivity index (χ0) is 22.9. The van der Waals surface area contributed by atoms with E-state index in [1.54, 1.807) is 6.92 Å². The minimum Gasteiger partial charge on any atom is -0.449 e. The minimum atomic E-state index is -5.19. The standard InChI is InChI=1S/C23H21FN2O5S/c1-14-15(10-16(11-22(14)25)31-32(24,28)29)12-26-23(27)30-13-21-19-8-4-2-6-17(19)18-7-3-5-9-20(18)21/h2-11,21H,12-13,25H2,1H3,(H,26,27). The first kappa shape index (κ1) is 21.6. The van der Waals surface area contributed by atoms with E-state index in [1.807, 2.05) is 48.5 Å². The van der Waals surface area contributed by atoms with Crippen LogP contribution in [0.25, 0.3) is 11.1 Å². The molecule has 0 atom stereocenters. The van der Waals surface area contributed by atoms with Gasteiger partial charge in [0.1, 0.15) is 12.4 Å². The van der Waals surface area contributed by atoms with Crippen molar-refractivity contribution in [2.75, 3.05) is 12.3 Å². The predicted octanol–water partition coefficient (Wildman–Crippen LogP) is 4.21. The Labute approximate surface area is 185 Å². The van der Waals surface area contributed by atoms with E-state index in [4.69, 9.17) is 10.5 Å². The van der Waals surface area contributed by atoms with E-state index in [0.29, 0.717) is 11.1 Å². The Hall–Kier alpha value is -3.59. The summed E-state index contributed by atoms with van der Waals surface area (Å²) in [6.45, 7) is 1.85. The number of carbonyl (C=O) groups excluding carboxylic acids is 1. The minimum absolute atomic E-state index is 0.00373. The number of benzene rings is 3. The van der Waals surface area contributed by atoms with Gasteiger partial charge in [-0.15, -0.1) is 0 Å². The number of hydrogen-bond donors (Lipinski definition) is 2. The normalized spacial score (nSPS) is 12.7. The number of fused-ring (bicyclic) bond motifs is 3. The Morgan fingerprint density at radius 1 is 1.06 bits per heavy atom. The highest BCUT2D eigenvalue weighted by molar-refractivity contribution is 7.81. The van der Waals surface area contributed by atoms with Crippen LogP contribution in [0.1, 0.15) is 28.2 Å². The number of amides is 1. The zero-order valence-electron chi connectivity index (χ0n) is 17.2. The molecule has 166 valence electrons. The lowest BCUT2D eigenvalue weighted by atomic mass is 9.98. The summed E-state index contributed by atoms with van der Waals surface area (Å²) in [5.41, 5.74) is 11.6. The molecule has 0 bridgehead atoms. The maximum Gasteiger partial charge on any atom is 0.488 e. The number of anilines is 1. The van der Waals surface area contributed by atoms with Crippen LogP contribution in [0.2, 0.25) is 0 Å². The summed E-state index contributed by atoms with van der Waals surface area (Å²) in [5, 5.41) is 2.61. The molecule has 0 heterocycles. The van der Waals surface area contributed by atoms with Crippen LogP contribution in [-0.4, -0.2) is 21.1 Å². The number of ether oxygens (including phenoxy) is 1. The van der Waals surface area contributed by atoms with Crippen molar-refractivity contribution in [3.05, 3.63) is 82.9 Å². The van der Waals surface area contributed by atoms with Crippen LogP contribution in [0.3, 0.4) is 0 Å². The van der Waals surface area contributed by atoms with Gasteiger partial charge in [-0.25, -0.2) is 4.79 Å². The van der Waals surface area contributed by atoms with Gasteiger partial charge in [0.2, 0.25) is 0 Å². The molecule has 1 amide bonds. The summed E-state index contributed by atoms with van der Waals surface area (Å²) in [7, 11) is -5.19. The SMILES string of the molecule is Cc1c(N)cc(OS(=O)(=O)F)cc1CNC(=O)OCC1c2ccccc2-c2ccccc21. The van der Waals surface area contributed by atoms with E-state index >= 15 is 0 Å². The third-order valence-electron chi connectivity index (χ3n) is 5.49. The molecule has 3 aromatic rings. The molecule has 7 nitrogen and oxygen atoms in total. The lowest BCUT2D eigenvalue weighted by molar-refractivity contribution is 0.142. The maximum absolute atomic E-state index is 12.8. The van der Waals surface area contributed by atoms with Gasteiger partial charge in [-0.3, -0.25) is 0 Å².